The van der Waals surface area contributed by atoms with Gasteiger partial charge in [-0.2, -0.15) is 0 Å². The Morgan fingerprint density at radius 3 is 2.10 bits per heavy atom. The minimum atomic E-state index is 0. The molecule has 2 unspecified atom stereocenters. The molecule has 2 heterocycles. The molecule has 1 amide bonds. The first kappa shape index (κ1) is 17.1. The molecule has 21 heavy (non-hydrogen) atoms. The second kappa shape index (κ2) is 8.38. The van der Waals surface area contributed by atoms with Crippen LogP contribution < -0.4 is 10.6 Å². The highest BCUT2D eigenvalue weighted by Crippen LogP contribution is 2.32. The molecule has 3 fully saturated rings. The zero-order chi connectivity index (χ0) is 13.8. The lowest BCUT2D eigenvalue weighted by molar-refractivity contribution is -0.123. The van der Waals surface area contributed by atoms with Crippen LogP contribution in [0, 0.1) is 5.92 Å². The van der Waals surface area contributed by atoms with Gasteiger partial charge in [0.1, 0.15) is 0 Å². The van der Waals surface area contributed by atoms with E-state index >= 15 is 0 Å². The van der Waals surface area contributed by atoms with Crippen LogP contribution in [0.3, 0.4) is 0 Å². The number of fused-ring (bicyclic) bond motifs is 2. The highest BCUT2D eigenvalue weighted by molar-refractivity contribution is 5.85. The van der Waals surface area contributed by atoms with E-state index in [4.69, 9.17) is 0 Å². The summed E-state index contributed by atoms with van der Waals surface area (Å²) in [7, 11) is 0. The van der Waals surface area contributed by atoms with Crippen LogP contribution in [0.25, 0.3) is 0 Å². The van der Waals surface area contributed by atoms with E-state index in [0.29, 0.717) is 30.0 Å². The van der Waals surface area contributed by atoms with Crippen LogP contribution in [0.2, 0.25) is 0 Å². The second-order valence-electron chi connectivity index (χ2n) is 7.29. The zero-order valence-corrected chi connectivity index (χ0v) is 13.9. The van der Waals surface area contributed by atoms with Gasteiger partial charge in [-0.1, -0.05) is 32.1 Å². The van der Waals surface area contributed by atoms with Crippen molar-refractivity contribution in [2.45, 2.75) is 95.2 Å². The molecule has 3 aliphatic rings. The molecular weight excluding hydrogens is 284 g/mol. The fraction of sp³-hybridized carbons (Fsp3) is 0.941. The molecule has 1 saturated carbocycles. The Hall–Kier alpha value is -0.280. The molecule has 4 heteroatoms. The van der Waals surface area contributed by atoms with Crippen molar-refractivity contribution in [3.63, 3.8) is 0 Å². The van der Waals surface area contributed by atoms with Crippen molar-refractivity contribution in [2.24, 2.45) is 5.92 Å². The molecule has 0 aromatic heterocycles. The predicted molar refractivity (Wildman–Crippen MR) is 88.8 cm³/mol. The minimum absolute atomic E-state index is 0. The first-order valence-electron chi connectivity index (χ1n) is 8.85. The third-order valence-corrected chi connectivity index (χ3v) is 5.52. The van der Waals surface area contributed by atoms with Crippen molar-refractivity contribution in [1.82, 2.24) is 10.6 Å². The second-order valence-corrected chi connectivity index (χ2v) is 7.29. The Bertz CT molecular complexity index is 317. The van der Waals surface area contributed by atoms with E-state index in [1.165, 1.54) is 70.6 Å². The number of hydrogen-bond acceptors (Lipinski definition) is 2. The summed E-state index contributed by atoms with van der Waals surface area (Å²) in [5.74, 6) is 0.948. The van der Waals surface area contributed by atoms with Crippen molar-refractivity contribution in [3.8, 4) is 0 Å². The molecule has 2 bridgehead atoms. The van der Waals surface area contributed by atoms with Gasteiger partial charge in [-0.3, -0.25) is 4.79 Å². The summed E-state index contributed by atoms with van der Waals surface area (Å²) in [6.07, 6.45) is 14.9. The van der Waals surface area contributed by atoms with E-state index in [0.717, 1.165) is 6.42 Å². The Morgan fingerprint density at radius 1 is 0.905 bits per heavy atom. The van der Waals surface area contributed by atoms with E-state index < -0.39 is 0 Å². The number of piperidine rings is 1. The summed E-state index contributed by atoms with van der Waals surface area (Å²) < 4.78 is 0. The van der Waals surface area contributed by atoms with Gasteiger partial charge in [0.05, 0.1) is 0 Å². The van der Waals surface area contributed by atoms with Crippen LogP contribution in [0.1, 0.15) is 77.0 Å². The van der Waals surface area contributed by atoms with Gasteiger partial charge in [-0.05, 0) is 44.4 Å². The summed E-state index contributed by atoms with van der Waals surface area (Å²) in [4.78, 5) is 12.3. The quantitative estimate of drug-likeness (QED) is 0.836. The maximum Gasteiger partial charge on any atom is 0.220 e. The lowest BCUT2D eigenvalue weighted by Gasteiger charge is -2.29. The van der Waals surface area contributed by atoms with E-state index in [1.54, 1.807) is 0 Å². The molecule has 0 radical (unpaired) electrons. The Morgan fingerprint density at radius 2 is 1.48 bits per heavy atom. The monoisotopic (exact) mass is 314 g/mol. The van der Waals surface area contributed by atoms with E-state index in [1.807, 2.05) is 0 Å². The van der Waals surface area contributed by atoms with Crippen molar-refractivity contribution in [3.05, 3.63) is 0 Å². The smallest absolute Gasteiger partial charge is 0.220 e. The lowest BCUT2D eigenvalue weighted by Crippen LogP contribution is -2.41. The number of carbonyl (C=O) groups excluding carboxylic acids is 1. The number of carbonyl (C=O) groups is 1. The maximum atomic E-state index is 12.3. The number of rotatable bonds is 3. The van der Waals surface area contributed by atoms with E-state index in [9.17, 15) is 4.79 Å². The molecular formula is C17H31ClN2O. The van der Waals surface area contributed by atoms with Crippen LogP contribution >= 0.6 is 12.4 Å². The van der Waals surface area contributed by atoms with Gasteiger partial charge >= 0.3 is 0 Å². The molecule has 3 nitrogen and oxygen atoms in total. The molecule has 1 aliphatic carbocycles. The van der Waals surface area contributed by atoms with Crippen LogP contribution in [-0.2, 0) is 4.79 Å². The molecule has 3 rings (SSSR count). The molecule has 2 atom stereocenters. The topological polar surface area (TPSA) is 41.1 Å². The standard InChI is InChI=1S/C17H30N2O.ClH/c20-17(19-14-6-4-2-1-3-5-7-14)12-13-10-15-8-9-16(11-13)18-15;/h13-16,18H,1-12H2,(H,19,20);1H. The van der Waals surface area contributed by atoms with Gasteiger partial charge in [0.2, 0.25) is 5.91 Å². The molecule has 0 aromatic carbocycles. The predicted octanol–water partition coefficient (Wildman–Crippen LogP) is 3.56. The average molecular weight is 315 g/mol. The summed E-state index contributed by atoms with van der Waals surface area (Å²) in [6, 6.07) is 1.86. The van der Waals surface area contributed by atoms with E-state index in [2.05, 4.69) is 10.6 Å². The molecule has 0 spiro atoms. The third-order valence-electron chi connectivity index (χ3n) is 5.52. The highest BCUT2D eigenvalue weighted by atomic mass is 35.5. The number of amides is 1. The van der Waals surface area contributed by atoms with Gasteiger partial charge in [0, 0.05) is 24.5 Å². The largest absolute Gasteiger partial charge is 0.353 e. The first-order chi connectivity index (χ1) is 9.79. The van der Waals surface area contributed by atoms with Crippen LogP contribution in [-0.4, -0.2) is 24.0 Å². The summed E-state index contributed by atoms with van der Waals surface area (Å²) >= 11 is 0. The fourth-order valence-electron chi connectivity index (χ4n) is 4.49. The summed E-state index contributed by atoms with van der Waals surface area (Å²) in [6.45, 7) is 0. The first-order valence-corrected chi connectivity index (χ1v) is 8.85. The van der Waals surface area contributed by atoms with Crippen LogP contribution in [0.5, 0.6) is 0 Å². The van der Waals surface area contributed by atoms with Crippen molar-refractivity contribution in [1.29, 1.82) is 0 Å². The maximum absolute atomic E-state index is 12.3. The van der Waals surface area contributed by atoms with Gasteiger partial charge in [-0.15, -0.1) is 12.4 Å². The van der Waals surface area contributed by atoms with Gasteiger partial charge < -0.3 is 10.6 Å². The molecule has 2 saturated heterocycles. The molecule has 2 aliphatic heterocycles. The van der Waals surface area contributed by atoms with Gasteiger partial charge in [-0.25, -0.2) is 0 Å². The highest BCUT2D eigenvalue weighted by Gasteiger charge is 2.34. The molecule has 2 N–H and O–H groups in total. The SMILES string of the molecule is Cl.O=C(CC1CC2CCC(C1)N2)NC1CCCCCCC1. The Labute approximate surface area is 135 Å². The van der Waals surface area contributed by atoms with Crippen molar-refractivity contribution >= 4 is 18.3 Å². The molecule has 122 valence electrons. The summed E-state index contributed by atoms with van der Waals surface area (Å²) in [5, 5.41) is 6.98. The van der Waals surface area contributed by atoms with E-state index in [-0.39, 0.29) is 12.4 Å². The fourth-order valence-corrected chi connectivity index (χ4v) is 4.49. The normalized spacial score (nSPS) is 33.6. The lowest BCUT2D eigenvalue weighted by atomic mass is 9.89. The summed E-state index contributed by atoms with van der Waals surface area (Å²) in [5.41, 5.74) is 0. The number of hydrogen-bond donors (Lipinski definition) is 2. The van der Waals surface area contributed by atoms with Crippen LogP contribution in [0.15, 0.2) is 0 Å². The Balaban J connectivity index is 0.00000161. The van der Waals surface area contributed by atoms with Crippen molar-refractivity contribution < 1.29 is 4.79 Å². The number of nitrogens with one attached hydrogen (secondary N) is 2. The van der Waals surface area contributed by atoms with Gasteiger partial charge in [0.25, 0.3) is 0 Å². The van der Waals surface area contributed by atoms with Crippen molar-refractivity contribution in [2.75, 3.05) is 0 Å². The molecule has 0 aromatic rings. The number of halogens is 1. The minimum Gasteiger partial charge on any atom is -0.353 e. The average Bonchev–Trinajstić information content (AvgIpc) is 2.72. The van der Waals surface area contributed by atoms with Gasteiger partial charge in [0.15, 0.2) is 0 Å². The Kier molecular flexibility index (Phi) is 6.81. The third kappa shape index (κ3) is 5.14. The zero-order valence-electron chi connectivity index (χ0n) is 13.1. The van der Waals surface area contributed by atoms with Crippen LogP contribution in [0.4, 0.5) is 0 Å².